The maximum Gasteiger partial charge on any atom is 0.238 e. The quantitative estimate of drug-likeness (QED) is 0.136. The van der Waals surface area contributed by atoms with E-state index in [0.717, 1.165) is 55.3 Å². The Morgan fingerprint density at radius 1 is 0.261 bits per heavy atom. The Labute approximate surface area is 399 Å². The molecule has 0 aliphatic heterocycles. The largest absolute Gasteiger partial charge is 0.309 e. The summed E-state index contributed by atoms with van der Waals surface area (Å²) in [7, 11) is 0. The van der Waals surface area contributed by atoms with Crippen molar-refractivity contribution in [2.45, 2.75) is 5.41 Å². The molecule has 0 radical (unpaired) electrons. The van der Waals surface area contributed by atoms with E-state index in [9.17, 15) is 0 Å². The van der Waals surface area contributed by atoms with Crippen LogP contribution in [0, 0.1) is 0 Å². The van der Waals surface area contributed by atoms with Gasteiger partial charge in [0.15, 0.2) is 11.6 Å². The molecule has 5 heteroatoms. The van der Waals surface area contributed by atoms with Crippen LogP contribution in [0.25, 0.3) is 89.2 Å². The van der Waals surface area contributed by atoms with Gasteiger partial charge in [0.05, 0.1) is 27.5 Å². The zero-order chi connectivity index (χ0) is 45.7. The Morgan fingerprint density at radius 2 is 0.667 bits per heavy atom. The Kier molecular flexibility index (Phi) is 9.65. The number of hydrogen-bond donors (Lipinski definition) is 0. The SMILES string of the molecule is c1ccc(-c2nc(-c3cccc(C(c4ccccc4)(c4ccccc4)c4ccccc4)c3)nc(-n3c4ccccc4c4cc(-c5ccc6c(c5)c5ccccc5n6-c5ccccc5)ccc43)n2)cc1. The maximum absolute atomic E-state index is 5.42. The lowest BCUT2D eigenvalue weighted by Gasteiger charge is -2.37. The van der Waals surface area contributed by atoms with Gasteiger partial charge < -0.3 is 4.57 Å². The van der Waals surface area contributed by atoms with Gasteiger partial charge in [0.25, 0.3) is 0 Å². The third kappa shape index (κ3) is 6.66. The fraction of sp³-hybridized carbons (Fsp3) is 0.0156. The van der Waals surface area contributed by atoms with Gasteiger partial charge in [0.2, 0.25) is 5.95 Å². The maximum atomic E-state index is 5.42. The van der Waals surface area contributed by atoms with Gasteiger partial charge in [0, 0.05) is 38.4 Å². The number of aromatic nitrogens is 5. The Hall–Kier alpha value is -9.19. The summed E-state index contributed by atoms with van der Waals surface area (Å²) in [5, 5.41) is 4.70. The van der Waals surface area contributed by atoms with E-state index < -0.39 is 5.41 Å². The average Bonchev–Trinajstić information content (AvgIpc) is 3.95. The fourth-order valence-electron chi connectivity index (χ4n) is 10.6. The first-order valence-electron chi connectivity index (χ1n) is 23.4. The molecule has 0 atom stereocenters. The van der Waals surface area contributed by atoms with Crippen molar-refractivity contribution in [2.75, 3.05) is 0 Å². The Balaban J connectivity index is 0.995. The third-order valence-corrected chi connectivity index (χ3v) is 13.7. The predicted octanol–water partition coefficient (Wildman–Crippen LogP) is 15.4. The molecule has 0 aliphatic carbocycles. The van der Waals surface area contributed by atoms with Crippen LogP contribution >= 0.6 is 0 Å². The number of rotatable bonds is 9. The van der Waals surface area contributed by atoms with Gasteiger partial charge in [-0.1, -0.05) is 206 Å². The van der Waals surface area contributed by atoms with Crippen LogP contribution in [-0.4, -0.2) is 24.1 Å². The normalized spacial score (nSPS) is 11.8. The molecule has 0 unspecified atom stereocenters. The van der Waals surface area contributed by atoms with Crippen molar-refractivity contribution in [2.24, 2.45) is 0 Å². The van der Waals surface area contributed by atoms with Gasteiger partial charge in [-0.05, 0) is 88.0 Å². The second-order valence-electron chi connectivity index (χ2n) is 17.6. The summed E-state index contributed by atoms with van der Waals surface area (Å²) < 4.78 is 4.56. The minimum Gasteiger partial charge on any atom is -0.309 e. The van der Waals surface area contributed by atoms with Crippen LogP contribution in [0.3, 0.4) is 0 Å². The fourth-order valence-corrected chi connectivity index (χ4v) is 10.6. The summed E-state index contributed by atoms with van der Waals surface area (Å²) in [6.45, 7) is 0. The highest BCUT2D eigenvalue weighted by Gasteiger charge is 2.38. The standard InChI is InChI=1S/C64H43N5/c1-6-21-44(22-7-1)61-65-62(47-23-20-30-51(41-47)64(48-24-8-2-9-25-48,49-26-10-3-11-27-49)50-28-12-4-13-29-50)67-63(66-61)69-58-36-19-17-34-54(58)56-43-46(38-40-60(56)69)45-37-39-59-55(42-45)53-33-16-18-35-57(53)68(59)52-31-14-5-15-32-52/h1-43H. The lowest BCUT2D eigenvalue weighted by atomic mass is 9.65. The monoisotopic (exact) mass is 881 g/mol. The highest BCUT2D eigenvalue weighted by atomic mass is 15.2. The van der Waals surface area contributed by atoms with Gasteiger partial charge in [0.1, 0.15) is 0 Å². The van der Waals surface area contributed by atoms with Gasteiger partial charge in [-0.25, -0.2) is 4.98 Å². The number of benzene rings is 10. The molecular weight excluding hydrogens is 839 g/mol. The molecule has 0 spiro atoms. The molecule has 0 saturated carbocycles. The average molecular weight is 882 g/mol. The van der Waals surface area contributed by atoms with E-state index >= 15 is 0 Å². The molecule has 0 saturated heterocycles. The van der Waals surface area contributed by atoms with E-state index in [0.29, 0.717) is 17.6 Å². The van der Waals surface area contributed by atoms with Crippen LogP contribution in [0.1, 0.15) is 22.3 Å². The van der Waals surface area contributed by atoms with E-state index in [1.807, 2.05) is 18.2 Å². The molecule has 324 valence electrons. The summed E-state index contributed by atoms with van der Waals surface area (Å²) in [4.78, 5) is 16.0. The molecule has 10 aromatic carbocycles. The molecule has 3 heterocycles. The van der Waals surface area contributed by atoms with Crippen molar-refractivity contribution in [1.82, 2.24) is 24.1 Å². The second-order valence-corrected chi connectivity index (χ2v) is 17.6. The predicted molar refractivity (Wildman–Crippen MR) is 283 cm³/mol. The summed E-state index contributed by atoms with van der Waals surface area (Å²) in [5.41, 5.74) is 13.7. The van der Waals surface area contributed by atoms with Crippen LogP contribution in [0.5, 0.6) is 0 Å². The first-order valence-corrected chi connectivity index (χ1v) is 23.4. The number of fused-ring (bicyclic) bond motifs is 6. The van der Waals surface area contributed by atoms with Crippen molar-refractivity contribution in [3.05, 3.63) is 283 Å². The van der Waals surface area contributed by atoms with Gasteiger partial charge in [-0.2, -0.15) is 9.97 Å². The van der Waals surface area contributed by atoms with Crippen LogP contribution in [0.15, 0.2) is 261 Å². The van der Waals surface area contributed by atoms with E-state index in [-0.39, 0.29) is 0 Å². The molecule has 13 aromatic rings. The lowest BCUT2D eigenvalue weighted by molar-refractivity contribution is 0.745. The van der Waals surface area contributed by atoms with Crippen molar-refractivity contribution < 1.29 is 0 Å². The Morgan fingerprint density at radius 3 is 1.22 bits per heavy atom. The van der Waals surface area contributed by atoms with E-state index in [1.165, 1.54) is 38.5 Å². The second kappa shape index (κ2) is 16.6. The van der Waals surface area contributed by atoms with E-state index in [1.54, 1.807) is 0 Å². The highest BCUT2D eigenvalue weighted by molar-refractivity contribution is 6.12. The summed E-state index contributed by atoms with van der Waals surface area (Å²) in [5.74, 6) is 1.75. The first-order chi connectivity index (χ1) is 34.2. The zero-order valence-corrected chi connectivity index (χ0v) is 37.6. The third-order valence-electron chi connectivity index (χ3n) is 13.7. The van der Waals surface area contributed by atoms with Crippen molar-refractivity contribution in [3.8, 4) is 45.5 Å². The van der Waals surface area contributed by atoms with Crippen LogP contribution in [-0.2, 0) is 5.41 Å². The number of nitrogens with zero attached hydrogens (tertiary/aromatic N) is 5. The molecule has 0 bridgehead atoms. The van der Waals surface area contributed by atoms with Crippen LogP contribution in [0.4, 0.5) is 0 Å². The zero-order valence-electron chi connectivity index (χ0n) is 37.6. The molecule has 0 aliphatic rings. The molecule has 3 aromatic heterocycles. The van der Waals surface area contributed by atoms with E-state index in [2.05, 4.69) is 252 Å². The summed E-state index contributed by atoms with van der Waals surface area (Å²) in [6, 6.07) is 92.9. The molecule has 0 fully saturated rings. The first kappa shape index (κ1) is 40.1. The summed E-state index contributed by atoms with van der Waals surface area (Å²) in [6.07, 6.45) is 0. The Bertz CT molecular complexity index is 3900. The smallest absolute Gasteiger partial charge is 0.238 e. The number of hydrogen-bond acceptors (Lipinski definition) is 3. The minimum absolute atomic E-state index is 0.554. The lowest BCUT2D eigenvalue weighted by Crippen LogP contribution is -2.31. The molecule has 13 rings (SSSR count). The van der Waals surface area contributed by atoms with E-state index in [4.69, 9.17) is 15.0 Å². The van der Waals surface area contributed by atoms with Crippen molar-refractivity contribution >= 4 is 43.6 Å². The molecule has 0 N–H and O–H groups in total. The highest BCUT2D eigenvalue weighted by Crippen LogP contribution is 2.46. The van der Waals surface area contributed by atoms with Gasteiger partial charge in [-0.3, -0.25) is 4.57 Å². The minimum atomic E-state index is -0.633. The molecule has 5 nitrogen and oxygen atoms in total. The topological polar surface area (TPSA) is 48.5 Å². The molecule has 0 amide bonds. The van der Waals surface area contributed by atoms with Gasteiger partial charge >= 0.3 is 0 Å². The van der Waals surface area contributed by atoms with Gasteiger partial charge in [-0.15, -0.1) is 0 Å². The van der Waals surface area contributed by atoms with Crippen molar-refractivity contribution in [1.29, 1.82) is 0 Å². The molecule has 69 heavy (non-hydrogen) atoms. The molecular formula is C64H43N5. The summed E-state index contributed by atoms with van der Waals surface area (Å²) >= 11 is 0. The van der Waals surface area contributed by atoms with Crippen LogP contribution < -0.4 is 0 Å². The van der Waals surface area contributed by atoms with Crippen molar-refractivity contribution in [3.63, 3.8) is 0 Å². The number of para-hydroxylation sites is 3. The van der Waals surface area contributed by atoms with Crippen LogP contribution in [0.2, 0.25) is 0 Å².